The summed E-state index contributed by atoms with van der Waals surface area (Å²) in [5.74, 6) is -0.447. The Morgan fingerprint density at radius 2 is 2.18 bits per heavy atom. The van der Waals surface area contributed by atoms with Crippen LogP contribution in [-0.2, 0) is 6.18 Å². The van der Waals surface area contributed by atoms with E-state index in [-0.39, 0.29) is 0 Å². The van der Waals surface area contributed by atoms with Gasteiger partial charge in [-0.05, 0) is 0 Å². The first kappa shape index (κ1) is 7.60. The van der Waals surface area contributed by atoms with Gasteiger partial charge in [0.05, 0.1) is 0 Å². The SMILES string of the molecule is N#Cc1cc(C(F)(F)F)no1. The molecule has 3 nitrogen and oxygen atoms in total. The van der Waals surface area contributed by atoms with E-state index in [1.165, 1.54) is 6.07 Å². The molecule has 0 unspecified atom stereocenters. The van der Waals surface area contributed by atoms with Gasteiger partial charge in [0.2, 0.25) is 5.76 Å². The van der Waals surface area contributed by atoms with Crippen LogP contribution in [-0.4, -0.2) is 5.16 Å². The van der Waals surface area contributed by atoms with E-state index in [4.69, 9.17) is 5.26 Å². The van der Waals surface area contributed by atoms with Gasteiger partial charge in [0.15, 0.2) is 5.69 Å². The minimum absolute atomic E-state index is 0.447. The molecule has 0 amide bonds. The molecule has 0 atom stereocenters. The normalized spacial score (nSPS) is 11.1. The standard InChI is InChI=1S/C5HF3N2O/c6-5(7,8)4-1-3(2-9)11-10-4/h1H. The summed E-state index contributed by atoms with van der Waals surface area (Å²) in [6.45, 7) is 0. The van der Waals surface area contributed by atoms with Crippen LogP contribution in [0.3, 0.4) is 0 Å². The van der Waals surface area contributed by atoms with Crippen molar-refractivity contribution in [3.05, 3.63) is 17.5 Å². The zero-order valence-electron chi connectivity index (χ0n) is 5.01. The maximum atomic E-state index is 11.7. The third-order valence-corrected chi connectivity index (χ3v) is 0.911. The molecule has 0 aromatic carbocycles. The predicted molar refractivity (Wildman–Crippen MR) is 26.2 cm³/mol. The maximum Gasteiger partial charge on any atom is 0.436 e. The molecule has 1 rings (SSSR count). The van der Waals surface area contributed by atoms with Gasteiger partial charge in [-0.25, -0.2) is 0 Å². The first-order valence-electron chi connectivity index (χ1n) is 2.48. The molecular formula is C5HF3N2O. The Bertz CT molecular complexity index is 295. The molecule has 0 fully saturated rings. The molecular weight excluding hydrogens is 161 g/mol. The number of hydrogen-bond acceptors (Lipinski definition) is 3. The van der Waals surface area contributed by atoms with Crippen LogP contribution < -0.4 is 0 Å². The first-order valence-corrected chi connectivity index (χ1v) is 2.48. The summed E-state index contributed by atoms with van der Waals surface area (Å²) in [5, 5.41) is 10.7. The molecule has 1 heterocycles. The Morgan fingerprint density at radius 1 is 1.55 bits per heavy atom. The largest absolute Gasteiger partial charge is 0.436 e. The molecule has 6 heteroatoms. The topological polar surface area (TPSA) is 49.8 Å². The first-order chi connectivity index (χ1) is 5.04. The molecule has 0 aliphatic rings. The van der Waals surface area contributed by atoms with Crippen molar-refractivity contribution >= 4 is 0 Å². The molecule has 0 saturated heterocycles. The van der Waals surface area contributed by atoms with E-state index in [1.807, 2.05) is 0 Å². The highest BCUT2D eigenvalue weighted by molar-refractivity contribution is 5.19. The van der Waals surface area contributed by atoms with Crippen LogP contribution >= 0.6 is 0 Å². The van der Waals surface area contributed by atoms with Crippen molar-refractivity contribution in [2.24, 2.45) is 0 Å². The number of hydrogen-bond donors (Lipinski definition) is 0. The van der Waals surface area contributed by atoms with Crippen molar-refractivity contribution in [3.63, 3.8) is 0 Å². The maximum absolute atomic E-state index is 11.7. The quantitative estimate of drug-likeness (QED) is 0.581. The number of aromatic nitrogens is 1. The van der Waals surface area contributed by atoms with Crippen molar-refractivity contribution < 1.29 is 17.7 Å². The Labute approximate surface area is 59.0 Å². The van der Waals surface area contributed by atoms with Crippen LogP contribution in [0, 0.1) is 11.3 Å². The molecule has 0 radical (unpaired) electrons. The molecule has 1 aromatic heterocycles. The van der Waals surface area contributed by atoms with Gasteiger partial charge in [-0.2, -0.15) is 18.4 Å². The number of nitriles is 1. The molecule has 58 valence electrons. The third-order valence-electron chi connectivity index (χ3n) is 0.911. The summed E-state index contributed by atoms with van der Waals surface area (Å²) in [4.78, 5) is 0. The van der Waals surface area contributed by atoms with E-state index in [0.29, 0.717) is 6.07 Å². The van der Waals surface area contributed by atoms with Crippen LogP contribution in [0.1, 0.15) is 11.5 Å². The highest BCUT2D eigenvalue weighted by atomic mass is 19.4. The molecule has 0 aliphatic carbocycles. The Kier molecular flexibility index (Phi) is 1.57. The lowest BCUT2D eigenvalue weighted by Gasteiger charge is -1.96. The lowest BCUT2D eigenvalue weighted by molar-refractivity contribution is -0.142. The molecule has 1 aromatic rings. The number of nitrogens with zero attached hydrogens (tertiary/aromatic N) is 2. The van der Waals surface area contributed by atoms with Gasteiger partial charge in [-0.1, -0.05) is 5.16 Å². The molecule has 0 saturated carbocycles. The fraction of sp³-hybridized carbons (Fsp3) is 0.200. The van der Waals surface area contributed by atoms with Crippen LogP contribution in [0.25, 0.3) is 0 Å². The molecule has 0 N–H and O–H groups in total. The summed E-state index contributed by atoms with van der Waals surface area (Å²) >= 11 is 0. The van der Waals surface area contributed by atoms with Crippen LogP contribution in [0.5, 0.6) is 0 Å². The van der Waals surface area contributed by atoms with E-state index in [0.717, 1.165) is 0 Å². The highest BCUT2D eigenvalue weighted by Crippen LogP contribution is 2.28. The predicted octanol–water partition coefficient (Wildman–Crippen LogP) is 1.57. The van der Waals surface area contributed by atoms with Gasteiger partial charge in [-0.3, -0.25) is 0 Å². The minimum atomic E-state index is -4.54. The van der Waals surface area contributed by atoms with Gasteiger partial charge in [0.25, 0.3) is 0 Å². The zero-order valence-corrected chi connectivity index (χ0v) is 5.01. The molecule has 0 aliphatic heterocycles. The Balaban J connectivity index is 3.01. The molecule has 11 heavy (non-hydrogen) atoms. The monoisotopic (exact) mass is 162 g/mol. The fourth-order valence-electron chi connectivity index (χ4n) is 0.462. The number of alkyl halides is 3. The van der Waals surface area contributed by atoms with Gasteiger partial charge >= 0.3 is 6.18 Å². The van der Waals surface area contributed by atoms with Gasteiger partial charge in [0, 0.05) is 6.07 Å². The van der Waals surface area contributed by atoms with Crippen LogP contribution in [0.15, 0.2) is 10.6 Å². The summed E-state index contributed by atoms with van der Waals surface area (Å²) in [6.07, 6.45) is -4.54. The van der Waals surface area contributed by atoms with Gasteiger partial charge in [0.1, 0.15) is 6.07 Å². The second-order valence-electron chi connectivity index (χ2n) is 1.69. The second kappa shape index (κ2) is 2.27. The fourth-order valence-corrected chi connectivity index (χ4v) is 0.462. The van der Waals surface area contributed by atoms with Crippen molar-refractivity contribution in [1.82, 2.24) is 5.16 Å². The van der Waals surface area contributed by atoms with Crippen LogP contribution in [0.2, 0.25) is 0 Å². The average Bonchev–Trinajstić information content (AvgIpc) is 2.32. The van der Waals surface area contributed by atoms with E-state index in [2.05, 4.69) is 9.68 Å². The third kappa shape index (κ3) is 1.49. The van der Waals surface area contributed by atoms with Crippen LogP contribution in [0.4, 0.5) is 13.2 Å². The lowest BCUT2D eigenvalue weighted by Crippen LogP contribution is -2.04. The minimum Gasteiger partial charge on any atom is -0.345 e. The summed E-state index contributed by atoms with van der Waals surface area (Å²) in [5.41, 5.74) is -1.19. The average molecular weight is 162 g/mol. The summed E-state index contributed by atoms with van der Waals surface area (Å²) < 4.78 is 39.1. The second-order valence-corrected chi connectivity index (χ2v) is 1.69. The summed E-state index contributed by atoms with van der Waals surface area (Å²) in [6, 6.07) is 1.93. The van der Waals surface area contributed by atoms with E-state index in [9.17, 15) is 13.2 Å². The van der Waals surface area contributed by atoms with Gasteiger partial charge < -0.3 is 4.52 Å². The zero-order chi connectivity index (χ0) is 8.48. The lowest BCUT2D eigenvalue weighted by atomic mass is 10.4. The van der Waals surface area contributed by atoms with Crippen molar-refractivity contribution in [1.29, 1.82) is 5.26 Å². The van der Waals surface area contributed by atoms with E-state index in [1.54, 1.807) is 0 Å². The molecule has 0 bridgehead atoms. The Hall–Kier alpha value is -1.51. The molecule has 0 spiro atoms. The highest BCUT2D eigenvalue weighted by Gasteiger charge is 2.34. The van der Waals surface area contributed by atoms with E-state index >= 15 is 0 Å². The van der Waals surface area contributed by atoms with Crippen molar-refractivity contribution in [3.8, 4) is 6.07 Å². The Morgan fingerprint density at radius 3 is 2.45 bits per heavy atom. The summed E-state index contributed by atoms with van der Waals surface area (Å²) in [7, 11) is 0. The number of halogens is 3. The van der Waals surface area contributed by atoms with E-state index < -0.39 is 17.6 Å². The smallest absolute Gasteiger partial charge is 0.345 e. The van der Waals surface area contributed by atoms with Gasteiger partial charge in [-0.15, -0.1) is 0 Å². The van der Waals surface area contributed by atoms with Crippen molar-refractivity contribution in [2.75, 3.05) is 0 Å². The number of rotatable bonds is 0. The van der Waals surface area contributed by atoms with Crippen molar-refractivity contribution in [2.45, 2.75) is 6.18 Å².